The molecule has 5 nitrogen and oxygen atoms in total. The highest BCUT2D eigenvalue weighted by atomic mass is 16.6. The van der Waals surface area contributed by atoms with Crippen LogP contribution in [0.1, 0.15) is 46.5 Å². The molecule has 0 spiro atoms. The average Bonchev–Trinajstić information content (AvgIpc) is 2.85. The molecular formula is C13H24N2O3. The summed E-state index contributed by atoms with van der Waals surface area (Å²) in [5.41, 5.74) is -0.354. The third-order valence-corrected chi connectivity index (χ3v) is 3.85. The predicted octanol–water partition coefficient (Wildman–Crippen LogP) is 2.06. The number of ether oxygens (including phenoxy) is 1. The number of amides is 1. The van der Waals surface area contributed by atoms with Crippen LogP contribution in [0.2, 0.25) is 0 Å². The highest BCUT2D eigenvalue weighted by Gasteiger charge is 2.54. The Morgan fingerprint density at radius 2 is 2.11 bits per heavy atom. The monoisotopic (exact) mass is 256 g/mol. The molecule has 0 bridgehead atoms. The van der Waals surface area contributed by atoms with Crippen molar-refractivity contribution in [2.45, 2.75) is 58.1 Å². The van der Waals surface area contributed by atoms with Gasteiger partial charge in [0.25, 0.3) is 0 Å². The summed E-state index contributed by atoms with van der Waals surface area (Å²) in [5.74, 6) is 5.21. The molecule has 18 heavy (non-hydrogen) atoms. The van der Waals surface area contributed by atoms with E-state index in [-0.39, 0.29) is 17.6 Å². The Morgan fingerprint density at radius 3 is 2.61 bits per heavy atom. The standard InChI is InChI=1S/C13H24N2O3/c1-12(2,3)18-11(16)15-8-4-5-10(15)13(6-7-13)9-17-14/h10H,4-9,14H2,1-3H3. The van der Waals surface area contributed by atoms with Crippen molar-refractivity contribution in [2.24, 2.45) is 11.3 Å². The van der Waals surface area contributed by atoms with Gasteiger partial charge < -0.3 is 14.5 Å². The molecule has 2 N–H and O–H groups in total. The van der Waals surface area contributed by atoms with E-state index in [0.717, 1.165) is 32.2 Å². The van der Waals surface area contributed by atoms with Gasteiger partial charge in [0, 0.05) is 18.0 Å². The second-order valence-corrected chi connectivity index (χ2v) is 6.51. The number of hydrogen-bond donors (Lipinski definition) is 1. The third-order valence-electron chi connectivity index (χ3n) is 3.85. The zero-order valence-electron chi connectivity index (χ0n) is 11.6. The van der Waals surface area contributed by atoms with E-state index in [0.29, 0.717) is 6.61 Å². The van der Waals surface area contributed by atoms with Gasteiger partial charge in [0.05, 0.1) is 6.61 Å². The predicted molar refractivity (Wildman–Crippen MR) is 67.8 cm³/mol. The van der Waals surface area contributed by atoms with Gasteiger partial charge in [-0.2, -0.15) is 0 Å². The van der Waals surface area contributed by atoms with Gasteiger partial charge in [-0.1, -0.05) is 0 Å². The summed E-state index contributed by atoms with van der Waals surface area (Å²) in [7, 11) is 0. The van der Waals surface area contributed by atoms with E-state index in [1.807, 2.05) is 25.7 Å². The number of nitrogens with two attached hydrogens (primary N) is 1. The smallest absolute Gasteiger partial charge is 0.410 e. The third kappa shape index (κ3) is 2.78. The number of rotatable bonds is 3. The minimum absolute atomic E-state index is 0.0855. The van der Waals surface area contributed by atoms with E-state index in [1.54, 1.807) is 0 Å². The Hall–Kier alpha value is -0.810. The van der Waals surface area contributed by atoms with Crippen LogP contribution < -0.4 is 5.90 Å². The van der Waals surface area contributed by atoms with E-state index >= 15 is 0 Å². The summed E-state index contributed by atoms with van der Waals surface area (Å²) in [6.07, 6.45) is 4.05. The molecule has 1 amide bonds. The van der Waals surface area contributed by atoms with Gasteiger partial charge in [-0.3, -0.25) is 0 Å². The second-order valence-electron chi connectivity index (χ2n) is 6.51. The average molecular weight is 256 g/mol. The lowest BCUT2D eigenvalue weighted by molar-refractivity contribution is 0.00417. The topological polar surface area (TPSA) is 64.8 Å². The fourth-order valence-corrected chi connectivity index (χ4v) is 2.84. The van der Waals surface area contributed by atoms with E-state index < -0.39 is 5.60 Å². The molecule has 2 rings (SSSR count). The second kappa shape index (κ2) is 4.70. The van der Waals surface area contributed by atoms with Crippen LogP contribution >= 0.6 is 0 Å². The van der Waals surface area contributed by atoms with E-state index in [4.69, 9.17) is 15.5 Å². The lowest BCUT2D eigenvalue weighted by Crippen LogP contribution is -2.45. The molecule has 1 aliphatic carbocycles. The van der Waals surface area contributed by atoms with Gasteiger partial charge >= 0.3 is 6.09 Å². The molecule has 0 aromatic carbocycles. The van der Waals surface area contributed by atoms with Crippen LogP contribution in [0.15, 0.2) is 0 Å². The SMILES string of the molecule is CC(C)(C)OC(=O)N1CCCC1C1(CON)CC1. The van der Waals surface area contributed by atoms with Crippen LogP contribution in [0.3, 0.4) is 0 Å². The highest BCUT2D eigenvalue weighted by molar-refractivity contribution is 5.69. The van der Waals surface area contributed by atoms with Gasteiger partial charge in [-0.05, 0) is 46.5 Å². The Morgan fingerprint density at radius 1 is 1.44 bits per heavy atom. The maximum atomic E-state index is 12.2. The molecule has 2 aliphatic rings. The van der Waals surface area contributed by atoms with Crippen molar-refractivity contribution in [1.29, 1.82) is 0 Å². The van der Waals surface area contributed by atoms with Crippen molar-refractivity contribution in [2.75, 3.05) is 13.2 Å². The molecule has 1 atom stereocenters. The van der Waals surface area contributed by atoms with Crippen molar-refractivity contribution in [3.8, 4) is 0 Å². The minimum Gasteiger partial charge on any atom is -0.444 e. The molecule has 1 saturated carbocycles. The Bertz CT molecular complexity index is 321. The number of carbonyl (C=O) groups is 1. The van der Waals surface area contributed by atoms with Gasteiger partial charge in [0.2, 0.25) is 0 Å². The minimum atomic E-state index is -0.439. The lowest BCUT2D eigenvalue weighted by atomic mass is 9.95. The Balaban J connectivity index is 2.02. The van der Waals surface area contributed by atoms with Gasteiger partial charge in [0.1, 0.15) is 5.60 Å². The van der Waals surface area contributed by atoms with Gasteiger partial charge in [-0.25, -0.2) is 10.7 Å². The summed E-state index contributed by atoms with van der Waals surface area (Å²) in [4.78, 5) is 18.9. The molecule has 1 saturated heterocycles. The van der Waals surface area contributed by atoms with Crippen LogP contribution in [-0.2, 0) is 9.57 Å². The first kappa shape index (κ1) is 13.6. The summed E-state index contributed by atoms with van der Waals surface area (Å²) >= 11 is 0. The van der Waals surface area contributed by atoms with Crippen LogP contribution in [0.5, 0.6) is 0 Å². The first-order chi connectivity index (χ1) is 8.38. The highest BCUT2D eigenvalue weighted by Crippen LogP contribution is 2.53. The van der Waals surface area contributed by atoms with E-state index in [2.05, 4.69) is 0 Å². The number of carbonyl (C=O) groups excluding carboxylic acids is 1. The van der Waals surface area contributed by atoms with Crippen LogP contribution in [-0.4, -0.2) is 35.8 Å². The molecule has 0 aromatic rings. The molecular weight excluding hydrogens is 232 g/mol. The van der Waals surface area contributed by atoms with Crippen molar-refractivity contribution in [3.63, 3.8) is 0 Å². The molecule has 5 heteroatoms. The summed E-state index contributed by atoms with van der Waals surface area (Å²) in [5, 5.41) is 0. The number of hydrogen-bond acceptors (Lipinski definition) is 4. The zero-order valence-corrected chi connectivity index (χ0v) is 11.6. The Kier molecular flexibility index (Phi) is 3.56. The molecule has 1 aliphatic heterocycles. The first-order valence-corrected chi connectivity index (χ1v) is 6.69. The molecule has 0 radical (unpaired) electrons. The zero-order chi connectivity index (χ0) is 13.4. The van der Waals surface area contributed by atoms with E-state index in [9.17, 15) is 4.79 Å². The Labute approximate surface area is 109 Å². The quantitative estimate of drug-likeness (QED) is 0.785. The summed E-state index contributed by atoms with van der Waals surface area (Å²) in [6, 6.07) is 0.232. The molecule has 0 aromatic heterocycles. The fourth-order valence-electron chi connectivity index (χ4n) is 2.84. The van der Waals surface area contributed by atoms with Crippen LogP contribution in [0, 0.1) is 5.41 Å². The molecule has 1 heterocycles. The molecule has 2 fully saturated rings. The van der Waals surface area contributed by atoms with Crippen molar-refractivity contribution in [3.05, 3.63) is 0 Å². The van der Waals surface area contributed by atoms with Gasteiger partial charge in [-0.15, -0.1) is 0 Å². The normalized spacial score (nSPS) is 26.2. The molecule has 1 unspecified atom stereocenters. The van der Waals surface area contributed by atoms with Crippen LogP contribution in [0.25, 0.3) is 0 Å². The first-order valence-electron chi connectivity index (χ1n) is 6.69. The summed E-state index contributed by atoms with van der Waals surface area (Å²) < 4.78 is 5.47. The largest absolute Gasteiger partial charge is 0.444 e. The lowest BCUT2D eigenvalue weighted by Gasteiger charge is -2.33. The maximum Gasteiger partial charge on any atom is 0.410 e. The summed E-state index contributed by atoms with van der Waals surface area (Å²) in [6.45, 7) is 7.01. The van der Waals surface area contributed by atoms with E-state index in [1.165, 1.54) is 0 Å². The number of likely N-dealkylation sites (tertiary alicyclic amines) is 1. The van der Waals surface area contributed by atoms with Gasteiger partial charge in [0.15, 0.2) is 0 Å². The van der Waals surface area contributed by atoms with Crippen molar-refractivity contribution in [1.82, 2.24) is 4.90 Å². The maximum absolute atomic E-state index is 12.2. The van der Waals surface area contributed by atoms with Crippen LogP contribution in [0.4, 0.5) is 4.79 Å². The van der Waals surface area contributed by atoms with Crippen molar-refractivity contribution < 1.29 is 14.4 Å². The molecule has 104 valence electrons. The fraction of sp³-hybridized carbons (Fsp3) is 0.923. The van der Waals surface area contributed by atoms with Crippen molar-refractivity contribution >= 4 is 6.09 Å². The number of nitrogens with zero attached hydrogens (tertiary/aromatic N) is 1.